The molecular formula is C12H15IN2O. The van der Waals surface area contributed by atoms with E-state index in [4.69, 9.17) is 4.74 Å². The number of epoxide rings is 1. The Hall–Kier alpha value is -0.100. The van der Waals surface area contributed by atoms with Crippen LogP contribution in [0.1, 0.15) is 37.9 Å². The van der Waals surface area contributed by atoms with Crippen molar-refractivity contribution in [2.75, 3.05) is 0 Å². The number of aromatic nitrogens is 2. The zero-order valence-corrected chi connectivity index (χ0v) is 11.6. The third kappa shape index (κ3) is 1.20. The maximum absolute atomic E-state index is 5.63. The van der Waals surface area contributed by atoms with E-state index in [1.54, 1.807) is 0 Å². The van der Waals surface area contributed by atoms with E-state index in [9.17, 15) is 0 Å². The highest BCUT2D eigenvalue weighted by Gasteiger charge is 2.70. The summed E-state index contributed by atoms with van der Waals surface area (Å²) in [5.41, 5.74) is 1.45. The highest BCUT2D eigenvalue weighted by Crippen LogP contribution is 2.69. The smallest absolute Gasteiger partial charge is 0.123 e. The Morgan fingerprint density at radius 3 is 3.00 bits per heavy atom. The molecule has 0 spiro atoms. The maximum atomic E-state index is 5.63. The maximum Gasteiger partial charge on any atom is 0.123 e. The molecule has 0 amide bonds. The van der Waals surface area contributed by atoms with Crippen molar-refractivity contribution in [3.63, 3.8) is 0 Å². The molecule has 2 heterocycles. The van der Waals surface area contributed by atoms with Gasteiger partial charge in [-0.2, -0.15) is 5.10 Å². The minimum atomic E-state index is 0.468. The summed E-state index contributed by atoms with van der Waals surface area (Å²) >= 11 is 2.32. The molecule has 0 radical (unpaired) electrons. The molecule has 0 bridgehead atoms. The van der Waals surface area contributed by atoms with E-state index < -0.39 is 0 Å². The van der Waals surface area contributed by atoms with Gasteiger partial charge in [0.1, 0.15) is 3.70 Å². The quantitative estimate of drug-likeness (QED) is 0.616. The molecule has 4 heteroatoms. The van der Waals surface area contributed by atoms with Crippen LogP contribution in [0.5, 0.6) is 0 Å². The third-order valence-corrected chi connectivity index (χ3v) is 4.83. The van der Waals surface area contributed by atoms with E-state index in [1.165, 1.54) is 12.1 Å². The molecule has 2 aliphatic carbocycles. The van der Waals surface area contributed by atoms with Crippen LogP contribution >= 0.6 is 22.6 Å². The lowest BCUT2D eigenvalue weighted by Gasteiger charge is -2.11. The van der Waals surface area contributed by atoms with Crippen molar-refractivity contribution in [3.05, 3.63) is 15.5 Å². The summed E-state index contributed by atoms with van der Waals surface area (Å²) in [5.74, 6) is 2.45. The Balaban J connectivity index is 1.68. The van der Waals surface area contributed by atoms with Crippen molar-refractivity contribution in [2.24, 2.45) is 11.8 Å². The van der Waals surface area contributed by atoms with E-state index in [0.29, 0.717) is 18.2 Å². The molecule has 86 valence electrons. The molecule has 0 aromatic carbocycles. The highest BCUT2D eigenvalue weighted by atomic mass is 127. The fourth-order valence-corrected chi connectivity index (χ4v) is 4.11. The Kier molecular flexibility index (Phi) is 1.86. The summed E-state index contributed by atoms with van der Waals surface area (Å²) in [6.07, 6.45) is 2.52. The van der Waals surface area contributed by atoms with Crippen LogP contribution in [0.3, 0.4) is 0 Å². The molecule has 1 saturated heterocycles. The number of ether oxygens (including phenoxy) is 1. The molecule has 5 unspecified atom stereocenters. The number of halogens is 1. The van der Waals surface area contributed by atoms with E-state index in [-0.39, 0.29) is 0 Å². The standard InChI is InChI=1S/C12H15IN2O/c1-5(2)15-7(4-9(13)14-15)10-6-3-8-12(16-8)11(6)10/h4-6,8,10-12H,3H2,1-2H3. The molecule has 1 aliphatic heterocycles. The van der Waals surface area contributed by atoms with Crippen LogP contribution in [0.15, 0.2) is 6.07 Å². The van der Waals surface area contributed by atoms with Gasteiger partial charge in [0.05, 0.1) is 12.2 Å². The van der Waals surface area contributed by atoms with Crippen molar-refractivity contribution in [1.29, 1.82) is 0 Å². The zero-order chi connectivity index (χ0) is 11.0. The summed E-state index contributed by atoms with van der Waals surface area (Å²) in [6, 6.07) is 2.73. The summed E-state index contributed by atoms with van der Waals surface area (Å²) in [7, 11) is 0. The van der Waals surface area contributed by atoms with Gasteiger partial charge in [0.25, 0.3) is 0 Å². The Morgan fingerprint density at radius 2 is 2.38 bits per heavy atom. The predicted octanol–water partition coefficient (Wildman–Crippen LogP) is 2.57. The molecule has 1 aromatic rings. The molecule has 3 nitrogen and oxygen atoms in total. The first-order valence-corrected chi connectivity index (χ1v) is 7.15. The first kappa shape index (κ1) is 9.88. The van der Waals surface area contributed by atoms with Crippen LogP contribution in [0.4, 0.5) is 0 Å². The number of hydrogen-bond donors (Lipinski definition) is 0. The largest absolute Gasteiger partial charge is 0.369 e. The summed E-state index contributed by atoms with van der Waals surface area (Å²) in [5, 5.41) is 4.60. The van der Waals surface area contributed by atoms with Crippen LogP contribution in [0.25, 0.3) is 0 Å². The van der Waals surface area contributed by atoms with Crippen molar-refractivity contribution >= 4 is 22.6 Å². The summed E-state index contributed by atoms with van der Waals surface area (Å²) in [4.78, 5) is 0. The van der Waals surface area contributed by atoms with E-state index in [0.717, 1.165) is 21.5 Å². The second-order valence-corrected chi connectivity index (χ2v) is 6.68. The van der Waals surface area contributed by atoms with Crippen LogP contribution in [-0.4, -0.2) is 22.0 Å². The molecule has 4 rings (SSSR count). The van der Waals surface area contributed by atoms with Crippen molar-refractivity contribution in [2.45, 2.75) is 44.4 Å². The lowest BCUT2D eigenvalue weighted by Crippen LogP contribution is -2.09. The molecule has 3 fully saturated rings. The highest BCUT2D eigenvalue weighted by molar-refractivity contribution is 14.1. The van der Waals surface area contributed by atoms with Gasteiger partial charge in [0, 0.05) is 17.7 Å². The summed E-state index contributed by atoms with van der Waals surface area (Å²) in [6.45, 7) is 4.42. The summed E-state index contributed by atoms with van der Waals surface area (Å²) < 4.78 is 8.97. The van der Waals surface area contributed by atoms with Crippen molar-refractivity contribution in [3.8, 4) is 0 Å². The predicted molar refractivity (Wildman–Crippen MR) is 68.3 cm³/mol. The Labute approximate surface area is 109 Å². The molecule has 2 saturated carbocycles. The number of hydrogen-bond acceptors (Lipinski definition) is 2. The number of fused-ring (bicyclic) bond motifs is 3. The number of nitrogens with zero attached hydrogens (tertiary/aromatic N) is 2. The Morgan fingerprint density at radius 1 is 1.56 bits per heavy atom. The van der Waals surface area contributed by atoms with E-state index >= 15 is 0 Å². The van der Waals surface area contributed by atoms with Gasteiger partial charge in [-0.3, -0.25) is 4.68 Å². The van der Waals surface area contributed by atoms with Gasteiger partial charge >= 0.3 is 0 Å². The third-order valence-electron chi connectivity index (χ3n) is 4.30. The van der Waals surface area contributed by atoms with Gasteiger partial charge in [-0.05, 0) is 60.8 Å². The lowest BCUT2D eigenvalue weighted by molar-refractivity contribution is 0.313. The van der Waals surface area contributed by atoms with Crippen LogP contribution in [-0.2, 0) is 4.74 Å². The molecule has 16 heavy (non-hydrogen) atoms. The van der Waals surface area contributed by atoms with Gasteiger partial charge in [0.15, 0.2) is 0 Å². The molecule has 0 N–H and O–H groups in total. The average Bonchev–Trinajstić information content (AvgIpc) is 3.07. The van der Waals surface area contributed by atoms with Crippen LogP contribution < -0.4 is 0 Å². The monoisotopic (exact) mass is 330 g/mol. The molecule has 1 aromatic heterocycles. The normalized spacial score (nSPS) is 43.4. The van der Waals surface area contributed by atoms with E-state index in [2.05, 4.69) is 52.3 Å². The van der Waals surface area contributed by atoms with Crippen LogP contribution in [0.2, 0.25) is 0 Å². The van der Waals surface area contributed by atoms with Crippen molar-refractivity contribution < 1.29 is 4.74 Å². The Bertz CT molecular complexity index is 456. The van der Waals surface area contributed by atoms with Gasteiger partial charge in [-0.15, -0.1) is 0 Å². The molecular weight excluding hydrogens is 315 g/mol. The van der Waals surface area contributed by atoms with Crippen LogP contribution in [0, 0.1) is 15.5 Å². The molecule has 3 aliphatic rings. The fraction of sp³-hybridized carbons (Fsp3) is 0.750. The first-order chi connectivity index (χ1) is 7.66. The van der Waals surface area contributed by atoms with Gasteiger partial charge in [-0.25, -0.2) is 0 Å². The second kappa shape index (κ2) is 3.02. The number of rotatable bonds is 2. The van der Waals surface area contributed by atoms with Gasteiger partial charge < -0.3 is 4.74 Å². The molecule has 5 atom stereocenters. The average molecular weight is 330 g/mol. The SMILES string of the molecule is CC(C)n1nc(I)cc1C1C2CC3OC3C21. The second-order valence-electron chi connectivity index (χ2n) is 5.57. The minimum Gasteiger partial charge on any atom is -0.369 e. The minimum absolute atomic E-state index is 0.468. The zero-order valence-electron chi connectivity index (χ0n) is 9.43. The topological polar surface area (TPSA) is 30.4 Å². The fourth-order valence-electron chi connectivity index (χ4n) is 3.56. The lowest BCUT2D eigenvalue weighted by atomic mass is 10.1. The van der Waals surface area contributed by atoms with Crippen molar-refractivity contribution in [1.82, 2.24) is 9.78 Å². The van der Waals surface area contributed by atoms with Gasteiger partial charge in [0.2, 0.25) is 0 Å². The van der Waals surface area contributed by atoms with E-state index in [1.807, 2.05) is 0 Å². The van der Waals surface area contributed by atoms with Gasteiger partial charge in [-0.1, -0.05) is 0 Å². The first-order valence-electron chi connectivity index (χ1n) is 6.07.